The van der Waals surface area contributed by atoms with Gasteiger partial charge in [0.2, 0.25) is 0 Å². The monoisotopic (exact) mass is 455 g/mol. The molecule has 1 atom stereocenters. The molecule has 0 spiro atoms. The van der Waals surface area contributed by atoms with E-state index in [0.717, 1.165) is 35.3 Å². The second-order valence-corrected chi connectivity index (χ2v) is 9.24. The van der Waals surface area contributed by atoms with Crippen molar-refractivity contribution in [2.24, 2.45) is 5.41 Å². The van der Waals surface area contributed by atoms with E-state index in [4.69, 9.17) is 15.5 Å². The molecule has 0 aliphatic heterocycles. The predicted molar refractivity (Wildman–Crippen MR) is 123 cm³/mol. The van der Waals surface area contributed by atoms with Crippen molar-refractivity contribution in [2.45, 2.75) is 46.1 Å². The van der Waals surface area contributed by atoms with E-state index in [2.05, 4.69) is 83.9 Å². The Labute approximate surface area is 182 Å². The lowest BCUT2D eigenvalue weighted by atomic mass is 9.89. The number of rotatable bonds is 8. The lowest BCUT2D eigenvalue weighted by Crippen LogP contribution is -2.19. The summed E-state index contributed by atoms with van der Waals surface area (Å²) in [5.74, 6) is 1.55. The lowest BCUT2D eigenvalue weighted by molar-refractivity contribution is 0.296. The van der Waals surface area contributed by atoms with E-state index in [-0.39, 0.29) is 11.3 Å². The van der Waals surface area contributed by atoms with Crippen LogP contribution in [0, 0.1) is 5.41 Å². The van der Waals surface area contributed by atoms with E-state index in [1.165, 1.54) is 11.1 Å². The summed E-state index contributed by atoms with van der Waals surface area (Å²) in [6.45, 7) is 7.58. The highest BCUT2D eigenvalue weighted by atomic mass is 79.9. The van der Waals surface area contributed by atoms with Crippen LogP contribution in [0.3, 0.4) is 0 Å². The fourth-order valence-corrected chi connectivity index (χ4v) is 3.67. The molecule has 5 heteroatoms. The molecule has 1 heterocycles. The van der Waals surface area contributed by atoms with Crippen LogP contribution in [0.25, 0.3) is 0 Å². The molecule has 3 rings (SSSR count). The van der Waals surface area contributed by atoms with Crippen LogP contribution in [0.4, 0.5) is 5.95 Å². The number of nitrogen functional groups attached to an aromatic ring is 1. The first-order chi connectivity index (χ1) is 13.8. The van der Waals surface area contributed by atoms with Crippen molar-refractivity contribution in [3.63, 3.8) is 0 Å². The van der Waals surface area contributed by atoms with Gasteiger partial charge in [0, 0.05) is 23.1 Å². The second kappa shape index (κ2) is 9.04. The second-order valence-electron chi connectivity index (χ2n) is 8.33. The number of nitrogens with two attached hydrogens (primary N) is 1. The number of hydrogen-bond acceptors (Lipinski definition) is 3. The first kappa shape index (κ1) is 21.4. The minimum Gasteiger partial charge on any atom is -0.497 e. The first-order valence-corrected chi connectivity index (χ1v) is 10.8. The van der Waals surface area contributed by atoms with Crippen molar-refractivity contribution in [3.05, 3.63) is 76.0 Å². The maximum absolute atomic E-state index is 6.30. The number of ether oxygens (including phenoxy) is 1. The third-order valence-electron chi connectivity index (χ3n) is 5.61. The van der Waals surface area contributed by atoms with Gasteiger partial charge in [0.1, 0.15) is 5.75 Å². The summed E-state index contributed by atoms with van der Waals surface area (Å²) in [7, 11) is 1.69. The summed E-state index contributed by atoms with van der Waals surface area (Å²) in [6, 6.07) is 16.7. The van der Waals surface area contributed by atoms with Crippen molar-refractivity contribution in [3.8, 4) is 5.75 Å². The van der Waals surface area contributed by atoms with Gasteiger partial charge in [-0.3, -0.25) is 0 Å². The Kier molecular flexibility index (Phi) is 6.68. The Morgan fingerprint density at radius 3 is 2.34 bits per heavy atom. The standard InChI is InChI=1S/C24H30BrN3O/c1-5-24(2,3)16-28-15-22(27-23(28)26)21(14-17-6-10-19(25)11-7-17)18-8-12-20(29-4)13-9-18/h6-13,15,21H,5,14,16H2,1-4H3,(H2,26,27). The summed E-state index contributed by atoms with van der Waals surface area (Å²) in [4.78, 5) is 4.76. The molecular formula is C24H30BrN3O. The Hall–Kier alpha value is -2.27. The molecule has 0 saturated heterocycles. The van der Waals surface area contributed by atoms with Gasteiger partial charge in [-0.05, 0) is 53.6 Å². The van der Waals surface area contributed by atoms with Gasteiger partial charge >= 0.3 is 0 Å². The Morgan fingerprint density at radius 1 is 1.10 bits per heavy atom. The Morgan fingerprint density at radius 2 is 1.76 bits per heavy atom. The summed E-state index contributed by atoms with van der Waals surface area (Å²) in [5, 5.41) is 0. The van der Waals surface area contributed by atoms with Crippen LogP contribution in [0.2, 0.25) is 0 Å². The summed E-state index contributed by atoms with van der Waals surface area (Å²) in [5.41, 5.74) is 9.94. The number of imidazole rings is 1. The Bertz CT molecular complexity index is 930. The molecule has 29 heavy (non-hydrogen) atoms. The van der Waals surface area contributed by atoms with Crippen molar-refractivity contribution in [1.82, 2.24) is 9.55 Å². The number of methoxy groups -OCH3 is 1. The van der Waals surface area contributed by atoms with Crippen LogP contribution in [0.1, 0.15) is 49.9 Å². The molecule has 0 aliphatic rings. The van der Waals surface area contributed by atoms with Crippen molar-refractivity contribution in [2.75, 3.05) is 12.8 Å². The molecule has 1 unspecified atom stereocenters. The van der Waals surface area contributed by atoms with Crippen LogP contribution in [0.15, 0.2) is 59.2 Å². The zero-order chi connectivity index (χ0) is 21.0. The summed E-state index contributed by atoms with van der Waals surface area (Å²) in [6.07, 6.45) is 4.06. The third kappa shape index (κ3) is 5.41. The Balaban J connectivity index is 1.96. The normalized spacial score (nSPS) is 12.7. The van der Waals surface area contributed by atoms with Crippen LogP contribution in [0.5, 0.6) is 5.75 Å². The molecule has 0 bridgehead atoms. The first-order valence-electron chi connectivity index (χ1n) is 10.0. The van der Waals surface area contributed by atoms with E-state index < -0.39 is 0 Å². The largest absolute Gasteiger partial charge is 0.497 e. The molecule has 0 amide bonds. The van der Waals surface area contributed by atoms with Gasteiger partial charge in [0.05, 0.1) is 12.8 Å². The predicted octanol–water partition coefficient (Wildman–Crippen LogP) is 6.05. The van der Waals surface area contributed by atoms with Gasteiger partial charge in [0.15, 0.2) is 5.95 Å². The number of hydrogen-bond donors (Lipinski definition) is 1. The van der Waals surface area contributed by atoms with E-state index in [0.29, 0.717) is 5.95 Å². The molecule has 154 valence electrons. The fraction of sp³-hybridized carbons (Fsp3) is 0.375. The average Bonchev–Trinajstić information content (AvgIpc) is 3.07. The number of aromatic nitrogens is 2. The molecule has 0 radical (unpaired) electrons. The van der Waals surface area contributed by atoms with Gasteiger partial charge in [-0.15, -0.1) is 0 Å². The van der Waals surface area contributed by atoms with Crippen molar-refractivity contribution < 1.29 is 4.74 Å². The summed E-state index contributed by atoms with van der Waals surface area (Å²) < 4.78 is 8.51. The van der Waals surface area contributed by atoms with E-state index in [9.17, 15) is 0 Å². The molecule has 3 aromatic rings. The van der Waals surface area contributed by atoms with Crippen LogP contribution in [-0.2, 0) is 13.0 Å². The zero-order valence-corrected chi connectivity index (χ0v) is 19.2. The summed E-state index contributed by atoms with van der Waals surface area (Å²) >= 11 is 3.52. The number of nitrogens with zero attached hydrogens (tertiary/aromatic N) is 2. The average molecular weight is 456 g/mol. The molecule has 2 N–H and O–H groups in total. The molecule has 2 aromatic carbocycles. The lowest BCUT2D eigenvalue weighted by Gasteiger charge is -2.23. The fourth-order valence-electron chi connectivity index (χ4n) is 3.40. The minimum atomic E-state index is 0.121. The quantitative estimate of drug-likeness (QED) is 0.449. The van der Waals surface area contributed by atoms with E-state index in [1.54, 1.807) is 7.11 Å². The maximum Gasteiger partial charge on any atom is 0.200 e. The van der Waals surface area contributed by atoms with Crippen LogP contribution < -0.4 is 10.5 Å². The number of halogens is 1. The molecule has 4 nitrogen and oxygen atoms in total. The van der Waals surface area contributed by atoms with Gasteiger partial charge in [-0.25, -0.2) is 4.98 Å². The highest BCUT2D eigenvalue weighted by Gasteiger charge is 2.22. The van der Waals surface area contributed by atoms with E-state index >= 15 is 0 Å². The molecule has 0 aliphatic carbocycles. The van der Waals surface area contributed by atoms with E-state index in [1.807, 2.05) is 12.1 Å². The van der Waals surface area contributed by atoms with Gasteiger partial charge in [-0.1, -0.05) is 61.0 Å². The van der Waals surface area contributed by atoms with Gasteiger partial charge in [0.25, 0.3) is 0 Å². The van der Waals surface area contributed by atoms with Crippen LogP contribution >= 0.6 is 15.9 Å². The van der Waals surface area contributed by atoms with Crippen molar-refractivity contribution >= 4 is 21.9 Å². The SMILES string of the molecule is CCC(C)(C)Cn1cc(C(Cc2ccc(Br)cc2)c2ccc(OC)cc2)nc1N. The maximum atomic E-state index is 6.30. The van der Waals surface area contributed by atoms with Gasteiger partial charge in [-0.2, -0.15) is 0 Å². The van der Waals surface area contributed by atoms with Crippen molar-refractivity contribution in [1.29, 1.82) is 0 Å². The molecule has 1 aromatic heterocycles. The zero-order valence-electron chi connectivity index (χ0n) is 17.7. The molecule has 0 fully saturated rings. The highest BCUT2D eigenvalue weighted by Crippen LogP contribution is 2.32. The van der Waals surface area contributed by atoms with Crippen LogP contribution in [-0.4, -0.2) is 16.7 Å². The minimum absolute atomic E-state index is 0.121. The molecular weight excluding hydrogens is 426 g/mol. The topological polar surface area (TPSA) is 53.1 Å². The highest BCUT2D eigenvalue weighted by molar-refractivity contribution is 9.10. The van der Waals surface area contributed by atoms with Gasteiger partial charge < -0.3 is 15.0 Å². The smallest absolute Gasteiger partial charge is 0.200 e. The third-order valence-corrected chi connectivity index (χ3v) is 6.14. The molecule has 0 saturated carbocycles. The number of benzene rings is 2. The number of anilines is 1.